The van der Waals surface area contributed by atoms with Gasteiger partial charge in [0.05, 0.1) is 24.1 Å². The molecule has 0 aromatic carbocycles. The molecule has 1 heterocycles. The van der Waals surface area contributed by atoms with Gasteiger partial charge < -0.3 is 15.2 Å². The van der Waals surface area contributed by atoms with Crippen LogP contribution in [0.3, 0.4) is 0 Å². The minimum absolute atomic E-state index is 0.384. The van der Waals surface area contributed by atoms with Crippen molar-refractivity contribution in [3.8, 4) is 0 Å². The summed E-state index contributed by atoms with van der Waals surface area (Å²) < 4.78 is 6.91. The van der Waals surface area contributed by atoms with Crippen LogP contribution in [-0.4, -0.2) is 41.3 Å². The maximum atomic E-state index is 9.51. The van der Waals surface area contributed by atoms with Crippen LogP contribution in [-0.2, 0) is 24.2 Å². The van der Waals surface area contributed by atoms with E-state index < -0.39 is 0 Å². The van der Waals surface area contributed by atoms with Crippen LogP contribution in [0.2, 0.25) is 0 Å². The Morgan fingerprint density at radius 1 is 1.50 bits per heavy atom. The van der Waals surface area contributed by atoms with Crippen molar-refractivity contribution < 1.29 is 9.84 Å². The van der Waals surface area contributed by atoms with E-state index >= 15 is 0 Å². The zero-order valence-electron chi connectivity index (χ0n) is 11.6. The monoisotopic (exact) mass is 255 g/mol. The first-order valence-corrected chi connectivity index (χ1v) is 6.64. The van der Waals surface area contributed by atoms with Crippen molar-refractivity contribution in [3.05, 3.63) is 17.5 Å². The Bertz CT molecular complexity index is 339. The van der Waals surface area contributed by atoms with Gasteiger partial charge in [-0.25, -0.2) is 0 Å². The molecule has 0 aliphatic carbocycles. The second-order valence-electron chi connectivity index (χ2n) is 4.37. The van der Waals surface area contributed by atoms with E-state index in [1.165, 1.54) is 5.69 Å². The van der Waals surface area contributed by atoms with Crippen LogP contribution in [0.4, 0.5) is 0 Å². The molecule has 0 bridgehead atoms. The van der Waals surface area contributed by atoms with E-state index in [1.807, 2.05) is 4.68 Å². The van der Waals surface area contributed by atoms with Gasteiger partial charge in [-0.2, -0.15) is 5.10 Å². The number of methoxy groups -OCH3 is 1. The summed E-state index contributed by atoms with van der Waals surface area (Å²) in [5.41, 5.74) is 2.34. The van der Waals surface area contributed by atoms with Gasteiger partial charge in [-0.3, -0.25) is 4.68 Å². The predicted molar refractivity (Wildman–Crippen MR) is 71.5 cm³/mol. The molecule has 0 aliphatic rings. The van der Waals surface area contributed by atoms with E-state index in [2.05, 4.69) is 30.3 Å². The van der Waals surface area contributed by atoms with Crippen LogP contribution in [0.5, 0.6) is 0 Å². The van der Waals surface area contributed by atoms with Crippen LogP contribution >= 0.6 is 0 Å². The number of hydrogen-bond donors (Lipinski definition) is 2. The molecule has 1 aromatic rings. The number of aryl methyl sites for hydroxylation is 2. The smallest absolute Gasteiger partial charge is 0.0785 e. The van der Waals surface area contributed by atoms with Gasteiger partial charge in [0, 0.05) is 20.2 Å². The van der Waals surface area contributed by atoms with Crippen LogP contribution < -0.4 is 5.32 Å². The quantitative estimate of drug-likeness (QED) is 0.645. The summed E-state index contributed by atoms with van der Waals surface area (Å²) in [7, 11) is 1.60. The third-order valence-electron chi connectivity index (χ3n) is 2.90. The molecule has 5 nitrogen and oxygen atoms in total. The summed E-state index contributed by atoms with van der Waals surface area (Å²) in [6.45, 7) is 7.07. The highest BCUT2D eigenvalue weighted by Crippen LogP contribution is 2.05. The molecule has 18 heavy (non-hydrogen) atoms. The van der Waals surface area contributed by atoms with E-state index in [-0.39, 0.29) is 6.10 Å². The van der Waals surface area contributed by atoms with Gasteiger partial charge >= 0.3 is 0 Å². The van der Waals surface area contributed by atoms with Crippen molar-refractivity contribution in [2.24, 2.45) is 0 Å². The fraction of sp³-hybridized carbons (Fsp3) is 0.769. The molecule has 0 saturated heterocycles. The normalized spacial score (nSPS) is 12.9. The summed E-state index contributed by atoms with van der Waals surface area (Å²) in [5, 5.41) is 17.3. The van der Waals surface area contributed by atoms with Crippen molar-refractivity contribution in [1.29, 1.82) is 0 Å². The van der Waals surface area contributed by atoms with Crippen molar-refractivity contribution in [3.63, 3.8) is 0 Å². The van der Waals surface area contributed by atoms with Gasteiger partial charge in [0.1, 0.15) is 0 Å². The van der Waals surface area contributed by atoms with Crippen molar-refractivity contribution in [1.82, 2.24) is 15.1 Å². The molecule has 1 atom stereocenters. The maximum absolute atomic E-state index is 9.51. The molecule has 1 aromatic heterocycles. The summed E-state index contributed by atoms with van der Waals surface area (Å²) in [6.07, 6.45) is 1.28. The number of aliphatic hydroxyl groups excluding tert-OH is 1. The lowest BCUT2D eigenvalue weighted by molar-refractivity contribution is 0.0594. The molecule has 0 aliphatic heterocycles. The SMILES string of the molecule is CCc1cc(CNCCC(O)COC)n(CC)n1. The minimum atomic E-state index is -0.384. The Hall–Kier alpha value is -0.910. The first-order chi connectivity index (χ1) is 8.71. The third-order valence-corrected chi connectivity index (χ3v) is 2.90. The van der Waals surface area contributed by atoms with E-state index in [4.69, 9.17) is 4.74 Å². The molecular weight excluding hydrogens is 230 g/mol. The summed E-state index contributed by atoms with van der Waals surface area (Å²) >= 11 is 0. The van der Waals surface area contributed by atoms with Gasteiger partial charge in [0.15, 0.2) is 0 Å². The van der Waals surface area contributed by atoms with Gasteiger partial charge in [-0.05, 0) is 32.4 Å². The van der Waals surface area contributed by atoms with Crippen molar-refractivity contribution >= 4 is 0 Å². The molecule has 2 N–H and O–H groups in total. The molecule has 1 unspecified atom stereocenters. The summed E-state index contributed by atoms with van der Waals surface area (Å²) in [6, 6.07) is 2.14. The van der Waals surface area contributed by atoms with E-state index in [0.717, 1.165) is 31.7 Å². The second-order valence-corrected chi connectivity index (χ2v) is 4.37. The fourth-order valence-corrected chi connectivity index (χ4v) is 1.86. The number of ether oxygens (including phenoxy) is 1. The molecule has 0 amide bonds. The number of aromatic nitrogens is 2. The average molecular weight is 255 g/mol. The summed E-state index contributed by atoms with van der Waals surface area (Å²) in [5.74, 6) is 0. The average Bonchev–Trinajstić information content (AvgIpc) is 2.77. The number of rotatable bonds is 9. The van der Waals surface area contributed by atoms with Crippen LogP contribution in [0.25, 0.3) is 0 Å². The van der Waals surface area contributed by atoms with E-state index in [1.54, 1.807) is 7.11 Å². The van der Waals surface area contributed by atoms with Crippen LogP contribution in [0.1, 0.15) is 31.7 Å². The van der Waals surface area contributed by atoms with Crippen LogP contribution in [0, 0.1) is 0 Å². The van der Waals surface area contributed by atoms with Crippen molar-refractivity contribution in [2.75, 3.05) is 20.3 Å². The van der Waals surface area contributed by atoms with E-state index in [9.17, 15) is 5.11 Å². The fourth-order valence-electron chi connectivity index (χ4n) is 1.86. The zero-order valence-corrected chi connectivity index (χ0v) is 11.6. The highest BCUT2D eigenvalue weighted by Gasteiger charge is 2.06. The molecule has 104 valence electrons. The summed E-state index contributed by atoms with van der Waals surface area (Å²) in [4.78, 5) is 0. The van der Waals surface area contributed by atoms with Gasteiger partial charge in [0.25, 0.3) is 0 Å². The topological polar surface area (TPSA) is 59.3 Å². The molecule has 1 rings (SSSR count). The number of nitrogens with one attached hydrogen (secondary N) is 1. The lowest BCUT2D eigenvalue weighted by Gasteiger charge is -2.10. The number of nitrogens with zero attached hydrogens (tertiary/aromatic N) is 2. The first-order valence-electron chi connectivity index (χ1n) is 6.64. The third kappa shape index (κ3) is 4.76. The standard InChI is InChI=1S/C13H25N3O2/c1-4-11-8-12(16(5-2)15-11)9-14-7-6-13(17)10-18-3/h8,13-14,17H,4-7,9-10H2,1-3H3. The Morgan fingerprint density at radius 2 is 2.28 bits per heavy atom. The number of aliphatic hydroxyl groups is 1. The molecular formula is C13H25N3O2. The molecule has 0 fully saturated rings. The Balaban J connectivity index is 2.32. The van der Waals surface area contributed by atoms with Crippen LogP contribution in [0.15, 0.2) is 6.07 Å². The Morgan fingerprint density at radius 3 is 2.89 bits per heavy atom. The minimum Gasteiger partial charge on any atom is -0.391 e. The largest absolute Gasteiger partial charge is 0.391 e. The highest BCUT2D eigenvalue weighted by atomic mass is 16.5. The Labute approximate surface area is 109 Å². The second kappa shape index (κ2) is 8.24. The maximum Gasteiger partial charge on any atom is 0.0785 e. The predicted octanol–water partition coefficient (Wildman–Crippen LogP) is 0.952. The Kier molecular flexibility index (Phi) is 6.93. The zero-order chi connectivity index (χ0) is 13.4. The van der Waals surface area contributed by atoms with E-state index in [0.29, 0.717) is 13.0 Å². The highest BCUT2D eigenvalue weighted by molar-refractivity contribution is 5.10. The van der Waals surface area contributed by atoms with Crippen molar-refractivity contribution in [2.45, 2.75) is 45.9 Å². The molecule has 0 radical (unpaired) electrons. The lowest BCUT2D eigenvalue weighted by Crippen LogP contribution is -2.24. The molecule has 0 saturated carbocycles. The van der Waals surface area contributed by atoms with Gasteiger partial charge in [-0.15, -0.1) is 0 Å². The molecule has 0 spiro atoms. The van der Waals surface area contributed by atoms with Gasteiger partial charge in [-0.1, -0.05) is 6.92 Å². The van der Waals surface area contributed by atoms with Gasteiger partial charge in [0.2, 0.25) is 0 Å². The molecule has 5 heteroatoms. The first kappa shape index (κ1) is 15.1. The lowest BCUT2D eigenvalue weighted by atomic mass is 10.2. The number of hydrogen-bond acceptors (Lipinski definition) is 4.